The molecule has 1 aliphatic rings. The molecular formula is C17H20N2O4. The molecule has 4 amide bonds. The average molecular weight is 316 g/mol. The summed E-state index contributed by atoms with van der Waals surface area (Å²) < 4.78 is 0. The Kier molecular flexibility index (Phi) is 4.36. The third kappa shape index (κ3) is 3.16. The predicted molar refractivity (Wildman–Crippen MR) is 83.3 cm³/mol. The quantitative estimate of drug-likeness (QED) is 0.630. The molecule has 2 rings (SSSR count). The van der Waals surface area contributed by atoms with Crippen LogP contribution in [0.15, 0.2) is 30.3 Å². The molecule has 1 heterocycles. The zero-order chi connectivity index (χ0) is 17.4. The van der Waals surface area contributed by atoms with Crippen LogP contribution in [0.4, 0.5) is 4.79 Å². The Hall–Kier alpha value is -2.50. The van der Waals surface area contributed by atoms with Gasteiger partial charge in [0.05, 0.1) is 12.6 Å². The second-order valence-corrected chi connectivity index (χ2v) is 6.61. The van der Waals surface area contributed by atoms with E-state index in [0.29, 0.717) is 0 Å². The number of ketones is 1. The molecule has 0 spiro atoms. The fourth-order valence-corrected chi connectivity index (χ4v) is 2.26. The maximum Gasteiger partial charge on any atom is 0.335 e. The van der Waals surface area contributed by atoms with Crippen LogP contribution in [0.5, 0.6) is 0 Å². The Labute approximate surface area is 135 Å². The Morgan fingerprint density at radius 3 is 2.13 bits per heavy atom. The number of hydrogen-bond donors (Lipinski definition) is 0. The highest BCUT2D eigenvalue weighted by atomic mass is 16.2. The van der Waals surface area contributed by atoms with Crippen LogP contribution in [0.25, 0.3) is 0 Å². The minimum atomic E-state index is -0.949. The van der Waals surface area contributed by atoms with Gasteiger partial charge in [-0.3, -0.25) is 14.4 Å². The van der Waals surface area contributed by atoms with E-state index in [-0.39, 0.29) is 12.3 Å². The third-order valence-electron chi connectivity index (χ3n) is 3.89. The molecule has 0 N–H and O–H groups in total. The van der Waals surface area contributed by atoms with Gasteiger partial charge < -0.3 is 0 Å². The summed E-state index contributed by atoms with van der Waals surface area (Å²) in [5.74, 6) is -2.12. The molecule has 0 saturated carbocycles. The van der Waals surface area contributed by atoms with Gasteiger partial charge in [0.1, 0.15) is 0 Å². The summed E-state index contributed by atoms with van der Waals surface area (Å²) in [5, 5.41) is 0. The Bertz CT molecular complexity index is 661. The van der Waals surface area contributed by atoms with Crippen molar-refractivity contribution in [2.45, 2.75) is 33.7 Å². The lowest BCUT2D eigenvalue weighted by Crippen LogP contribution is -2.40. The van der Waals surface area contributed by atoms with Crippen LogP contribution in [-0.2, 0) is 14.4 Å². The predicted octanol–water partition coefficient (Wildman–Crippen LogP) is 2.15. The number of benzene rings is 1. The van der Waals surface area contributed by atoms with E-state index in [4.69, 9.17) is 0 Å². The van der Waals surface area contributed by atoms with E-state index in [1.807, 2.05) is 6.07 Å². The first-order valence-electron chi connectivity index (χ1n) is 7.42. The van der Waals surface area contributed by atoms with Gasteiger partial charge in [-0.25, -0.2) is 14.6 Å². The zero-order valence-electron chi connectivity index (χ0n) is 13.7. The monoisotopic (exact) mass is 316 g/mol. The second kappa shape index (κ2) is 5.95. The zero-order valence-corrected chi connectivity index (χ0v) is 13.7. The van der Waals surface area contributed by atoms with Crippen molar-refractivity contribution >= 4 is 23.6 Å². The van der Waals surface area contributed by atoms with Gasteiger partial charge in [-0.05, 0) is 12.5 Å². The number of carbonyl (C=O) groups is 4. The van der Waals surface area contributed by atoms with Crippen molar-refractivity contribution in [2.75, 3.05) is 6.54 Å². The van der Waals surface area contributed by atoms with Gasteiger partial charge >= 0.3 is 17.8 Å². The van der Waals surface area contributed by atoms with Gasteiger partial charge in [0.2, 0.25) is 0 Å². The van der Waals surface area contributed by atoms with Crippen LogP contribution in [0, 0.1) is 5.41 Å². The molecule has 1 atom stereocenters. The van der Waals surface area contributed by atoms with Crippen LogP contribution >= 0.6 is 0 Å². The van der Waals surface area contributed by atoms with Crippen molar-refractivity contribution in [2.24, 2.45) is 5.41 Å². The topological polar surface area (TPSA) is 74.8 Å². The molecule has 1 aliphatic heterocycles. The number of rotatable bonds is 4. The van der Waals surface area contributed by atoms with Gasteiger partial charge in [0.15, 0.2) is 5.78 Å². The minimum absolute atomic E-state index is 0.277. The van der Waals surface area contributed by atoms with E-state index in [2.05, 4.69) is 0 Å². The molecule has 0 bridgehead atoms. The number of amides is 4. The molecule has 0 aromatic heterocycles. The summed E-state index contributed by atoms with van der Waals surface area (Å²) in [7, 11) is 0. The Morgan fingerprint density at radius 2 is 1.61 bits per heavy atom. The molecule has 23 heavy (non-hydrogen) atoms. The van der Waals surface area contributed by atoms with Crippen molar-refractivity contribution in [3.05, 3.63) is 35.9 Å². The van der Waals surface area contributed by atoms with Gasteiger partial charge in [0, 0.05) is 5.41 Å². The molecule has 1 aromatic carbocycles. The first-order chi connectivity index (χ1) is 10.6. The highest BCUT2D eigenvalue weighted by Gasteiger charge is 2.48. The molecule has 1 aromatic rings. The smallest absolute Gasteiger partial charge is 0.297 e. The van der Waals surface area contributed by atoms with Crippen LogP contribution in [0.2, 0.25) is 0 Å². The number of Topliss-reactive ketones (excluding diaryl/α,β-unsaturated/α-hetero) is 1. The Balaban J connectivity index is 2.25. The number of nitrogens with zero attached hydrogens (tertiary/aromatic N) is 2. The molecule has 1 fully saturated rings. The standard InChI is InChI=1S/C17H20N2O4/c1-11(12-8-6-5-7-9-12)19-15(22)14(21)18(16(19)23)10-13(20)17(2,3)4/h5-9,11H,10H2,1-4H3. The molecule has 1 unspecified atom stereocenters. The van der Waals surface area contributed by atoms with Crippen molar-refractivity contribution < 1.29 is 19.2 Å². The molecule has 0 aliphatic carbocycles. The largest absolute Gasteiger partial charge is 0.335 e. The SMILES string of the molecule is CC(c1ccccc1)N1C(=O)C(=O)N(CC(=O)C(C)(C)C)C1=O. The summed E-state index contributed by atoms with van der Waals surface area (Å²) in [6.45, 7) is 6.39. The van der Waals surface area contributed by atoms with Crippen molar-refractivity contribution in [3.8, 4) is 0 Å². The molecule has 6 nitrogen and oxygen atoms in total. The highest BCUT2D eigenvalue weighted by Crippen LogP contribution is 2.27. The van der Waals surface area contributed by atoms with E-state index in [0.717, 1.165) is 15.4 Å². The van der Waals surface area contributed by atoms with E-state index in [1.54, 1.807) is 52.0 Å². The van der Waals surface area contributed by atoms with Gasteiger partial charge in [-0.15, -0.1) is 0 Å². The van der Waals surface area contributed by atoms with Gasteiger partial charge in [-0.1, -0.05) is 51.1 Å². The Morgan fingerprint density at radius 1 is 1.04 bits per heavy atom. The third-order valence-corrected chi connectivity index (χ3v) is 3.89. The van der Waals surface area contributed by atoms with Gasteiger partial charge in [-0.2, -0.15) is 0 Å². The molecule has 6 heteroatoms. The summed E-state index contributed by atoms with van der Waals surface area (Å²) in [6, 6.07) is 7.64. The maximum absolute atomic E-state index is 12.5. The summed E-state index contributed by atoms with van der Waals surface area (Å²) >= 11 is 0. The lowest BCUT2D eigenvalue weighted by Gasteiger charge is -2.23. The van der Waals surface area contributed by atoms with Gasteiger partial charge in [0.25, 0.3) is 0 Å². The van der Waals surface area contributed by atoms with E-state index in [9.17, 15) is 19.2 Å². The maximum atomic E-state index is 12.5. The fourth-order valence-electron chi connectivity index (χ4n) is 2.26. The lowest BCUT2D eigenvalue weighted by molar-refractivity contribution is -0.144. The number of urea groups is 1. The summed E-state index contributed by atoms with van der Waals surface area (Å²) in [5.41, 5.74) is 0.0493. The van der Waals surface area contributed by atoms with Crippen LogP contribution in [-0.4, -0.2) is 40.0 Å². The molecule has 1 saturated heterocycles. The highest BCUT2D eigenvalue weighted by molar-refractivity contribution is 6.45. The van der Waals surface area contributed by atoms with Crippen molar-refractivity contribution in [3.63, 3.8) is 0 Å². The van der Waals surface area contributed by atoms with E-state index >= 15 is 0 Å². The normalized spacial score (nSPS) is 17.0. The van der Waals surface area contributed by atoms with Crippen LogP contribution < -0.4 is 0 Å². The first kappa shape index (κ1) is 16.9. The first-order valence-corrected chi connectivity index (χ1v) is 7.42. The molecule has 0 radical (unpaired) electrons. The number of hydrogen-bond acceptors (Lipinski definition) is 4. The van der Waals surface area contributed by atoms with E-state index < -0.39 is 29.3 Å². The number of imide groups is 2. The lowest BCUT2D eigenvalue weighted by atomic mass is 9.90. The fraction of sp³-hybridized carbons (Fsp3) is 0.412. The minimum Gasteiger partial charge on any atom is -0.297 e. The molecule has 122 valence electrons. The molecular weight excluding hydrogens is 296 g/mol. The van der Waals surface area contributed by atoms with E-state index in [1.165, 1.54) is 0 Å². The average Bonchev–Trinajstić information content (AvgIpc) is 2.70. The summed E-state index contributed by atoms with van der Waals surface area (Å²) in [6.07, 6.45) is 0. The second-order valence-electron chi connectivity index (χ2n) is 6.61. The number of carbonyl (C=O) groups excluding carboxylic acids is 4. The van der Waals surface area contributed by atoms with Crippen molar-refractivity contribution in [1.29, 1.82) is 0 Å². The van der Waals surface area contributed by atoms with Crippen LogP contribution in [0.3, 0.4) is 0 Å². The van der Waals surface area contributed by atoms with Crippen molar-refractivity contribution in [1.82, 2.24) is 9.80 Å². The van der Waals surface area contributed by atoms with Crippen LogP contribution in [0.1, 0.15) is 39.3 Å². The summed E-state index contributed by atoms with van der Waals surface area (Å²) in [4.78, 5) is 50.5.